The second-order valence-corrected chi connectivity index (χ2v) is 10.3. The summed E-state index contributed by atoms with van der Waals surface area (Å²) in [5, 5.41) is 5.10. The molecular formula is C28H27Br2N3O3. The molecule has 1 heterocycles. The minimum Gasteiger partial charge on any atom is -0.493 e. The van der Waals surface area contributed by atoms with E-state index in [-0.39, 0.29) is 5.56 Å². The van der Waals surface area contributed by atoms with E-state index in [1.165, 1.54) is 4.68 Å². The third-order valence-corrected chi connectivity index (χ3v) is 6.63. The van der Waals surface area contributed by atoms with Crippen molar-refractivity contribution in [3.63, 3.8) is 0 Å². The van der Waals surface area contributed by atoms with E-state index in [2.05, 4.69) is 50.0 Å². The maximum atomic E-state index is 13.4. The number of methoxy groups -OCH3 is 1. The van der Waals surface area contributed by atoms with E-state index in [0.29, 0.717) is 46.8 Å². The van der Waals surface area contributed by atoms with Crippen LogP contribution in [-0.2, 0) is 13.0 Å². The SMILES string of the molecule is CCCCc1nc2ccc(Br)cc2c(=O)n1N=Cc1cc(Br)cc(OC)c1OCc1cccc(C)c1. The van der Waals surface area contributed by atoms with Crippen molar-refractivity contribution in [2.24, 2.45) is 5.10 Å². The lowest BCUT2D eigenvalue weighted by molar-refractivity contribution is 0.284. The Balaban J connectivity index is 1.78. The van der Waals surface area contributed by atoms with Crippen LogP contribution in [0.1, 0.15) is 42.3 Å². The fourth-order valence-corrected chi connectivity index (χ4v) is 4.69. The highest BCUT2D eigenvalue weighted by Crippen LogP contribution is 2.34. The van der Waals surface area contributed by atoms with Crippen LogP contribution in [-0.4, -0.2) is 23.0 Å². The van der Waals surface area contributed by atoms with Gasteiger partial charge in [-0.05, 0) is 49.2 Å². The van der Waals surface area contributed by atoms with Crippen LogP contribution in [0.3, 0.4) is 0 Å². The zero-order valence-corrected chi connectivity index (χ0v) is 23.6. The van der Waals surface area contributed by atoms with Crippen molar-refractivity contribution in [1.82, 2.24) is 9.66 Å². The van der Waals surface area contributed by atoms with Crippen LogP contribution in [0.4, 0.5) is 0 Å². The highest BCUT2D eigenvalue weighted by atomic mass is 79.9. The van der Waals surface area contributed by atoms with Gasteiger partial charge < -0.3 is 9.47 Å². The normalized spacial score (nSPS) is 11.4. The molecule has 0 saturated carbocycles. The van der Waals surface area contributed by atoms with Gasteiger partial charge in [0.15, 0.2) is 11.5 Å². The van der Waals surface area contributed by atoms with Gasteiger partial charge in [-0.2, -0.15) is 9.78 Å². The number of halogens is 2. The summed E-state index contributed by atoms with van der Waals surface area (Å²) in [6.45, 7) is 4.52. The molecule has 3 aromatic carbocycles. The molecule has 4 aromatic rings. The van der Waals surface area contributed by atoms with Crippen molar-refractivity contribution in [3.05, 3.63) is 96.4 Å². The lowest BCUT2D eigenvalue weighted by Gasteiger charge is -2.15. The Morgan fingerprint density at radius 3 is 2.67 bits per heavy atom. The van der Waals surface area contributed by atoms with E-state index < -0.39 is 0 Å². The van der Waals surface area contributed by atoms with E-state index in [0.717, 1.165) is 32.9 Å². The molecule has 4 rings (SSSR count). The molecule has 0 unspecified atom stereocenters. The lowest BCUT2D eigenvalue weighted by atomic mass is 10.1. The van der Waals surface area contributed by atoms with Crippen molar-refractivity contribution < 1.29 is 9.47 Å². The van der Waals surface area contributed by atoms with E-state index in [9.17, 15) is 4.79 Å². The molecule has 0 bridgehead atoms. The average molecular weight is 613 g/mol. The van der Waals surface area contributed by atoms with Crippen LogP contribution in [0.5, 0.6) is 11.5 Å². The minimum atomic E-state index is -0.215. The Labute approximate surface area is 227 Å². The molecule has 0 fully saturated rings. The highest BCUT2D eigenvalue weighted by molar-refractivity contribution is 9.10. The van der Waals surface area contributed by atoms with Crippen molar-refractivity contribution in [1.29, 1.82) is 0 Å². The van der Waals surface area contributed by atoms with Gasteiger partial charge in [-0.3, -0.25) is 4.79 Å². The molecule has 0 atom stereocenters. The minimum absolute atomic E-state index is 0.215. The quantitative estimate of drug-likeness (QED) is 0.190. The average Bonchev–Trinajstić information content (AvgIpc) is 2.86. The van der Waals surface area contributed by atoms with Gasteiger partial charge >= 0.3 is 0 Å². The topological polar surface area (TPSA) is 65.7 Å². The number of nitrogens with zero attached hydrogens (tertiary/aromatic N) is 3. The number of hydrogen-bond acceptors (Lipinski definition) is 5. The summed E-state index contributed by atoms with van der Waals surface area (Å²) in [5.74, 6) is 1.74. The molecule has 6 nitrogen and oxygen atoms in total. The van der Waals surface area contributed by atoms with Crippen LogP contribution >= 0.6 is 31.9 Å². The number of benzene rings is 3. The highest BCUT2D eigenvalue weighted by Gasteiger charge is 2.14. The molecule has 0 aliphatic rings. The number of ether oxygens (including phenoxy) is 2. The largest absolute Gasteiger partial charge is 0.493 e. The first-order valence-corrected chi connectivity index (χ1v) is 13.3. The number of hydrogen-bond donors (Lipinski definition) is 0. The molecule has 36 heavy (non-hydrogen) atoms. The Bertz CT molecular complexity index is 1480. The Kier molecular flexibility index (Phi) is 8.59. The zero-order chi connectivity index (χ0) is 25.7. The smallest absolute Gasteiger partial charge is 0.282 e. The van der Waals surface area contributed by atoms with Gasteiger partial charge in [0.1, 0.15) is 12.4 Å². The van der Waals surface area contributed by atoms with Crippen molar-refractivity contribution >= 4 is 49.0 Å². The lowest BCUT2D eigenvalue weighted by Crippen LogP contribution is -2.22. The van der Waals surface area contributed by atoms with Gasteiger partial charge in [-0.25, -0.2) is 4.98 Å². The second-order valence-electron chi connectivity index (χ2n) is 8.46. The molecule has 0 spiro atoms. The number of aromatic nitrogens is 2. The van der Waals surface area contributed by atoms with Gasteiger partial charge in [0.2, 0.25) is 0 Å². The predicted octanol–water partition coefficient (Wildman–Crippen LogP) is 7.04. The van der Waals surface area contributed by atoms with Crippen molar-refractivity contribution in [2.45, 2.75) is 39.7 Å². The number of unbranched alkanes of at least 4 members (excludes halogenated alkanes) is 1. The van der Waals surface area contributed by atoms with E-state index >= 15 is 0 Å². The van der Waals surface area contributed by atoms with Gasteiger partial charge in [0.25, 0.3) is 5.56 Å². The van der Waals surface area contributed by atoms with E-state index in [1.807, 2.05) is 49.4 Å². The zero-order valence-electron chi connectivity index (χ0n) is 20.4. The molecule has 8 heteroatoms. The van der Waals surface area contributed by atoms with Gasteiger partial charge in [0, 0.05) is 20.9 Å². The Morgan fingerprint density at radius 2 is 1.92 bits per heavy atom. The molecule has 0 aliphatic heterocycles. The van der Waals surface area contributed by atoms with E-state index in [1.54, 1.807) is 19.4 Å². The first-order valence-electron chi connectivity index (χ1n) is 11.7. The summed E-state index contributed by atoms with van der Waals surface area (Å²) in [6, 6.07) is 17.4. The van der Waals surface area contributed by atoms with Gasteiger partial charge in [-0.1, -0.05) is 75.0 Å². The number of fused-ring (bicyclic) bond motifs is 1. The third-order valence-electron chi connectivity index (χ3n) is 5.68. The Hall–Kier alpha value is -2.97. The Morgan fingerprint density at radius 1 is 1.08 bits per heavy atom. The monoisotopic (exact) mass is 611 g/mol. The molecule has 0 radical (unpaired) electrons. The summed E-state index contributed by atoms with van der Waals surface area (Å²) in [4.78, 5) is 18.2. The van der Waals surface area contributed by atoms with Crippen LogP contribution in [0.15, 0.2) is 73.4 Å². The summed E-state index contributed by atoms with van der Waals surface area (Å²) in [7, 11) is 1.60. The third kappa shape index (κ3) is 6.05. The predicted molar refractivity (Wildman–Crippen MR) is 152 cm³/mol. The molecule has 0 aliphatic carbocycles. The molecule has 0 saturated heterocycles. The fraction of sp³-hybridized carbons (Fsp3) is 0.250. The first-order chi connectivity index (χ1) is 17.4. The summed E-state index contributed by atoms with van der Waals surface area (Å²) >= 11 is 6.99. The van der Waals surface area contributed by atoms with Crippen molar-refractivity contribution in [3.8, 4) is 11.5 Å². The molecule has 1 aromatic heterocycles. The maximum absolute atomic E-state index is 13.4. The van der Waals surface area contributed by atoms with Crippen LogP contribution in [0.2, 0.25) is 0 Å². The molecular weight excluding hydrogens is 586 g/mol. The number of rotatable bonds is 9. The van der Waals surface area contributed by atoms with Crippen molar-refractivity contribution in [2.75, 3.05) is 7.11 Å². The van der Waals surface area contributed by atoms with Crippen LogP contribution in [0, 0.1) is 6.92 Å². The fourth-order valence-electron chi connectivity index (χ4n) is 3.88. The van der Waals surface area contributed by atoms with Gasteiger partial charge in [0.05, 0.1) is 24.2 Å². The van der Waals surface area contributed by atoms with E-state index in [4.69, 9.17) is 14.5 Å². The summed E-state index contributed by atoms with van der Waals surface area (Å²) < 4.78 is 14.8. The summed E-state index contributed by atoms with van der Waals surface area (Å²) in [5.41, 5.74) is 3.33. The number of aryl methyl sites for hydroxylation is 2. The molecule has 186 valence electrons. The van der Waals surface area contributed by atoms with Gasteiger partial charge in [-0.15, -0.1) is 0 Å². The second kappa shape index (κ2) is 11.8. The summed E-state index contributed by atoms with van der Waals surface area (Å²) in [6.07, 6.45) is 4.16. The molecule has 0 amide bonds. The first kappa shape index (κ1) is 26.1. The van der Waals surface area contributed by atoms with Crippen LogP contribution < -0.4 is 15.0 Å². The molecule has 0 N–H and O–H groups in total. The standard InChI is InChI=1S/C28H27Br2N3O3/c1-4-5-9-26-32-24-11-10-21(29)14-23(24)28(34)33(26)31-16-20-13-22(30)15-25(35-3)27(20)36-17-19-8-6-7-18(2)12-19/h6-8,10-16H,4-5,9,17H2,1-3H3. The van der Waals surface area contributed by atoms with Crippen LogP contribution in [0.25, 0.3) is 10.9 Å². The maximum Gasteiger partial charge on any atom is 0.282 e.